The quantitative estimate of drug-likeness (QED) is 0.832. The summed E-state index contributed by atoms with van der Waals surface area (Å²) < 4.78 is 19.6. The summed E-state index contributed by atoms with van der Waals surface area (Å²) in [6, 6.07) is 9.78. The number of rotatable bonds is 4. The average molecular weight is 351 g/mol. The maximum absolute atomic E-state index is 14.2. The lowest BCUT2D eigenvalue weighted by Crippen LogP contribution is -2.01. The summed E-state index contributed by atoms with van der Waals surface area (Å²) in [7, 11) is 0. The Morgan fingerprint density at radius 2 is 1.95 bits per heavy atom. The van der Waals surface area contributed by atoms with E-state index in [1.165, 1.54) is 12.1 Å². The van der Waals surface area contributed by atoms with Gasteiger partial charge in [-0.1, -0.05) is 30.4 Å². The van der Waals surface area contributed by atoms with Gasteiger partial charge in [-0.05, 0) is 41.1 Å². The molecular formula is C16H12BrFO3. The smallest absolute Gasteiger partial charge is 0.336 e. The van der Waals surface area contributed by atoms with Gasteiger partial charge in [0.2, 0.25) is 0 Å². The zero-order valence-corrected chi connectivity index (χ0v) is 12.7. The number of para-hydroxylation sites is 1. The Morgan fingerprint density at radius 1 is 1.24 bits per heavy atom. The number of allylic oxidation sites excluding steroid dienone is 1. The van der Waals surface area contributed by atoms with Gasteiger partial charge in [0, 0.05) is 5.56 Å². The monoisotopic (exact) mass is 350 g/mol. The van der Waals surface area contributed by atoms with Crippen molar-refractivity contribution in [2.24, 2.45) is 0 Å². The fourth-order valence-electron chi connectivity index (χ4n) is 1.78. The molecule has 0 bridgehead atoms. The van der Waals surface area contributed by atoms with Crippen LogP contribution in [0.5, 0.6) is 11.5 Å². The highest BCUT2D eigenvalue weighted by molar-refractivity contribution is 9.10. The molecule has 0 amide bonds. The highest BCUT2D eigenvalue weighted by Gasteiger charge is 2.17. The van der Waals surface area contributed by atoms with Crippen LogP contribution in [0.4, 0.5) is 4.39 Å². The predicted octanol–water partition coefficient (Wildman–Crippen LogP) is 5.11. The molecule has 0 aliphatic heterocycles. The number of hydrogen-bond acceptors (Lipinski definition) is 2. The Bertz CT molecular complexity index is 711. The number of carboxylic acids is 1. The second-order valence-electron chi connectivity index (χ2n) is 4.18. The summed E-state index contributed by atoms with van der Waals surface area (Å²) in [5.74, 6) is -1.50. The molecule has 2 rings (SSSR count). The number of hydrogen-bond donors (Lipinski definition) is 1. The van der Waals surface area contributed by atoms with Crippen molar-refractivity contribution in [1.82, 2.24) is 0 Å². The van der Waals surface area contributed by atoms with Crippen LogP contribution in [-0.4, -0.2) is 11.1 Å². The van der Waals surface area contributed by atoms with E-state index >= 15 is 0 Å². The van der Waals surface area contributed by atoms with E-state index in [2.05, 4.69) is 15.9 Å². The van der Waals surface area contributed by atoms with Gasteiger partial charge in [0.15, 0.2) is 11.6 Å². The van der Waals surface area contributed by atoms with Crippen LogP contribution in [0.3, 0.4) is 0 Å². The van der Waals surface area contributed by atoms with Crippen LogP contribution in [0.15, 0.2) is 46.9 Å². The minimum absolute atomic E-state index is 0.0381. The molecule has 0 atom stereocenters. The molecule has 0 aromatic heterocycles. The first-order valence-corrected chi connectivity index (χ1v) is 6.94. The molecule has 0 fully saturated rings. The van der Waals surface area contributed by atoms with Gasteiger partial charge in [0.1, 0.15) is 5.75 Å². The molecule has 0 saturated heterocycles. The van der Waals surface area contributed by atoms with Crippen molar-refractivity contribution >= 4 is 28.0 Å². The summed E-state index contributed by atoms with van der Waals surface area (Å²) in [5, 5.41) is 8.94. The average Bonchev–Trinajstić information content (AvgIpc) is 2.46. The Labute approximate surface area is 129 Å². The molecule has 0 saturated carbocycles. The van der Waals surface area contributed by atoms with Crippen molar-refractivity contribution < 1.29 is 19.0 Å². The molecule has 0 spiro atoms. The number of carboxylic acid groups (broad SMARTS) is 1. The van der Waals surface area contributed by atoms with Gasteiger partial charge < -0.3 is 9.84 Å². The number of halogens is 2. The number of aromatic carboxylic acids is 1. The second-order valence-corrected chi connectivity index (χ2v) is 4.98. The van der Waals surface area contributed by atoms with Crippen LogP contribution in [0, 0.1) is 5.82 Å². The number of ether oxygens (including phenoxy) is 1. The van der Waals surface area contributed by atoms with Crippen molar-refractivity contribution in [2.45, 2.75) is 6.92 Å². The lowest BCUT2D eigenvalue weighted by atomic mass is 10.2. The van der Waals surface area contributed by atoms with Crippen LogP contribution in [0.2, 0.25) is 0 Å². The van der Waals surface area contributed by atoms with Crippen molar-refractivity contribution in [3.05, 3.63) is 63.9 Å². The van der Waals surface area contributed by atoms with Crippen molar-refractivity contribution in [3.8, 4) is 11.5 Å². The van der Waals surface area contributed by atoms with Crippen LogP contribution in [0.25, 0.3) is 6.08 Å². The fraction of sp³-hybridized carbons (Fsp3) is 0.0625. The van der Waals surface area contributed by atoms with Gasteiger partial charge in [-0.3, -0.25) is 0 Å². The summed E-state index contributed by atoms with van der Waals surface area (Å²) in [5.41, 5.74) is 0.652. The van der Waals surface area contributed by atoms with Crippen LogP contribution >= 0.6 is 15.9 Å². The zero-order chi connectivity index (χ0) is 15.4. The Kier molecular flexibility index (Phi) is 4.75. The molecule has 2 aromatic carbocycles. The van der Waals surface area contributed by atoms with E-state index in [0.29, 0.717) is 5.75 Å². The summed E-state index contributed by atoms with van der Waals surface area (Å²) >= 11 is 2.94. The molecule has 21 heavy (non-hydrogen) atoms. The third-order valence-corrected chi connectivity index (χ3v) is 3.54. The van der Waals surface area contributed by atoms with Gasteiger partial charge >= 0.3 is 5.97 Å². The van der Waals surface area contributed by atoms with Gasteiger partial charge in [-0.25, -0.2) is 9.18 Å². The molecule has 5 heteroatoms. The molecule has 0 radical (unpaired) electrons. The van der Waals surface area contributed by atoms with E-state index in [1.54, 1.807) is 12.1 Å². The first-order chi connectivity index (χ1) is 10.0. The highest BCUT2D eigenvalue weighted by atomic mass is 79.9. The van der Waals surface area contributed by atoms with E-state index in [-0.39, 0.29) is 15.8 Å². The largest absolute Gasteiger partial charge is 0.478 e. The lowest BCUT2D eigenvalue weighted by molar-refractivity contribution is 0.0695. The maximum atomic E-state index is 14.2. The van der Waals surface area contributed by atoms with E-state index in [4.69, 9.17) is 9.84 Å². The Morgan fingerprint density at radius 3 is 2.62 bits per heavy atom. The van der Waals surface area contributed by atoms with Crippen molar-refractivity contribution in [1.29, 1.82) is 0 Å². The molecular weight excluding hydrogens is 339 g/mol. The summed E-state index contributed by atoms with van der Waals surface area (Å²) in [4.78, 5) is 10.9. The highest BCUT2D eigenvalue weighted by Crippen LogP contribution is 2.33. The van der Waals surface area contributed by atoms with Crippen molar-refractivity contribution in [2.75, 3.05) is 0 Å². The van der Waals surface area contributed by atoms with Gasteiger partial charge in [0.05, 0.1) is 10.0 Å². The topological polar surface area (TPSA) is 46.5 Å². The fourth-order valence-corrected chi connectivity index (χ4v) is 2.28. The van der Waals surface area contributed by atoms with Gasteiger partial charge in [0.25, 0.3) is 0 Å². The first-order valence-electron chi connectivity index (χ1n) is 6.15. The van der Waals surface area contributed by atoms with Gasteiger partial charge in [-0.2, -0.15) is 0 Å². The van der Waals surface area contributed by atoms with E-state index < -0.39 is 11.8 Å². The number of carbonyl (C=O) groups is 1. The maximum Gasteiger partial charge on any atom is 0.336 e. The Hall–Kier alpha value is -2.14. The SMILES string of the molecule is C/C=C/c1ccccc1Oc1ccc(C(=O)O)c(Br)c1F. The standard InChI is InChI=1S/C16H12BrFO3/c1-2-5-10-6-3-4-7-12(10)21-13-9-8-11(16(19)20)14(17)15(13)18/h2-9H,1H3,(H,19,20)/b5-2+. The summed E-state index contributed by atoms with van der Waals surface area (Å²) in [6.45, 7) is 1.87. The molecule has 108 valence electrons. The summed E-state index contributed by atoms with van der Waals surface area (Å²) in [6.07, 6.45) is 3.69. The second kappa shape index (κ2) is 6.54. The third kappa shape index (κ3) is 3.31. The lowest BCUT2D eigenvalue weighted by Gasteiger charge is -2.11. The van der Waals surface area contributed by atoms with Crippen LogP contribution in [0.1, 0.15) is 22.8 Å². The van der Waals surface area contributed by atoms with E-state index in [0.717, 1.165) is 5.56 Å². The Balaban J connectivity index is 2.41. The normalized spacial score (nSPS) is 10.8. The first kappa shape index (κ1) is 15.3. The molecule has 0 aliphatic carbocycles. The van der Waals surface area contributed by atoms with Gasteiger partial charge in [-0.15, -0.1) is 0 Å². The molecule has 2 aromatic rings. The van der Waals surface area contributed by atoms with E-state index in [1.807, 2.05) is 31.2 Å². The molecule has 0 aliphatic rings. The predicted molar refractivity (Wildman–Crippen MR) is 82.3 cm³/mol. The minimum atomic E-state index is -1.21. The molecule has 3 nitrogen and oxygen atoms in total. The zero-order valence-electron chi connectivity index (χ0n) is 11.1. The molecule has 0 unspecified atom stereocenters. The van der Waals surface area contributed by atoms with Crippen LogP contribution in [-0.2, 0) is 0 Å². The molecule has 1 N–H and O–H groups in total. The number of benzene rings is 2. The van der Waals surface area contributed by atoms with E-state index in [9.17, 15) is 9.18 Å². The third-order valence-electron chi connectivity index (χ3n) is 2.76. The minimum Gasteiger partial charge on any atom is -0.478 e. The molecule has 0 heterocycles. The van der Waals surface area contributed by atoms with Crippen LogP contribution < -0.4 is 4.74 Å². The van der Waals surface area contributed by atoms with Crippen molar-refractivity contribution in [3.63, 3.8) is 0 Å².